The Kier molecular flexibility index (Phi) is 7.86. The van der Waals surface area contributed by atoms with Crippen LogP contribution in [-0.4, -0.2) is 15.5 Å². The van der Waals surface area contributed by atoms with Gasteiger partial charge in [0.1, 0.15) is 16.8 Å². The van der Waals surface area contributed by atoms with E-state index in [-0.39, 0.29) is 14.8 Å². The number of thioether (sulfide) groups is 1. The van der Waals surface area contributed by atoms with Gasteiger partial charge in [0.25, 0.3) is 0 Å². The monoisotopic (exact) mass is 484 g/mol. The van der Waals surface area contributed by atoms with Crippen LogP contribution >= 0.6 is 23.4 Å². The first-order valence-electron chi connectivity index (χ1n) is 9.58. The number of sulfone groups is 1. The van der Waals surface area contributed by atoms with Crippen molar-refractivity contribution in [2.24, 2.45) is 0 Å². The molecule has 0 saturated carbocycles. The minimum absolute atomic E-state index is 0.0551. The van der Waals surface area contributed by atoms with Crippen LogP contribution in [0.25, 0.3) is 0 Å². The number of ether oxygens (including phenoxy) is 1. The molecular formula is C24H21ClN2O3S2. The molecule has 0 bridgehead atoms. The Morgan fingerprint density at radius 3 is 2.38 bits per heavy atom. The minimum atomic E-state index is -4.03. The van der Waals surface area contributed by atoms with E-state index in [0.29, 0.717) is 22.2 Å². The second-order valence-electron chi connectivity index (χ2n) is 6.84. The van der Waals surface area contributed by atoms with Gasteiger partial charge in [-0.1, -0.05) is 59.6 Å². The van der Waals surface area contributed by atoms with Gasteiger partial charge in [0.2, 0.25) is 9.84 Å². The molecule has 3 rings (SSSR count). The van der Waals surface area contributed by atoms with Crippen LogP contribution in [0.5, 0.6) is 5.75 Å². The molecule has 0 spiro atoms. The van der Waals surface area contributed by atoms with E-state index in [4.69, 9.17) is 16.3 Å². The molecule has 32 heavy (non-hydrogen) atoms. The molecule has 0 aliphatic heterocycles. The maximum absolute atomic E-state index is 13.2. The van der Waals surface area contributed by atoms with Gasteiger partial charge >= 0.3 is 0 Å². The molecule has 5 nitrogen and oxygen atoms in total. The van der Waals surface area contributed by atoms with Crippen LogP contribution in [-0.2, 0) is 15.6 Å². The van der Waals surface area contributed by atoms with Gasteiger partial charge in [-0.15, -0.1) is 11.8 Å². The molecule has 0 heterocycles. The average molecular weight is 485 g/mol. The highest BCUT2D eigenvalue weighted by Gasteiger charge is 2.25. The fourth-order valence-corrected chi connectivity index (χ4v) is 5.62. The third kappa shape index (κ3) is 5.65. The normalized spacial score (nSPS) is 11.9. The van der Waals surface area contributed by atoms with Gasteiger partial charge in [-0.25, -0.2) is 8.42 Å². The summed E-state index contributed by atoms with van der Waals surface area (Å²) in [7, 11) is -2.52. The summed E-state index contributed by atoms with van der Waals surface area (Å²) in [5, 5.41) is 13.5. The van der Waals surface area contributed by atoms with Crippen LogP contribution in [0.4, 0.5) is 5.69 Å². The molecule has 0 saturated heterocycles. The molecule has 0 aliphatic carbocycles. The van der Waals surface area contributed by atoms with Crippen molar-refractivity contribution in [2.45, 2.75) is 17.6 Å². The van der Waals surface area contributed by atoms with E-state index in [1.54, 1.807) is 36.4 Å². The zero-order valence-electron chi connectivity index (χ0n) is 17.5. The Bertz CT molecular complexity index is 1270. The van der Waals surface area contributed by atoms with E-state index in [0.717, 1.165) is 11.1 Å². The highest BCUT2D eigenvalue weighted by atomic mass is 35.5. The fraction of sp³-hybridized carbons (Fsp3) is 0.125. The zero-order chi connectivity index (χ0) is 23.1. The van der Waals surface area contributed by atoms with Crippen LogP contribution in [0.2, 0.25) is 5.02 Å². The van der Waals surface area contributed by atoms with E-state index >= 15 is 0 Å². The highest BCUT2D eigenvalue weighted by molar-refractivity contribution is 8.04. The number of aryl methyl sites for hydroxylation is 1. The zero-order valence-corrected chi connectivity index (χ0v) is 19.9. The van der Waals surface area contributed by atoms with Gasteiger partial charge in [0, 0.05) is 11.4 Å². The van der Waals surface area contributed by atoms with Crippen molar-refractivity contribution in [2.75, 3.05) is 12.4 Å². The number of hydrogen-bond donors (Lipinski definition) is 1. The Morgan fingerprint density at radius 2 is 1.78 bits per heavy atom. The van der Waals surface area contributed by atoms with E-state index in [1.165, 1.54) is 31.0 Å². The van der Waals surface area contributed by atoms with E-state index in [2.05, 4.69) is 5.32 Å². The highest BCUT2D eigenvalue weighted by Crippen LogP contribution is 2.33. The summed E-state index contributed by atoms with van der Waals surface area (Å²) in [5.41, 5.74) is 2.67. The van der Waals surface area contributed by atoms with Gasteiger partial charge < -0.3 is 10.1 Å². The summed E-state index contributed by atoms with van der Waals surface area (Å²) in [6, 6.07) is 22.7. The van der Waals surface area contributed by atoms with Crippen molar-refractivity contribution in [3.8, 4) is 11.8 Å². The van der Waals surface area contributed by atoms with Crippen molar-refractivity contribution in [3.63, 3.8) is 0 Å². The summed E-state index contributed by atoms with van der Waals surface area (Å²) in [5.74, 6) is 0.967. The number of nitrogens with zero attached hydrogens (tertiary/aromatic N) is 1. The van der Waals surface area contributed by atoms with Gasteiger partial charge in [-0.05, 0) is 42.8 Å². The molecule has 1 N–H and O–H groups in total. The van der Waals surface area contributed by atoms with Crippen molar-refractivity contribution in [1.82, 2.24) is 0 Å². The standard InChI is InChI=1S/C24H21ClN2O3S2/c1-17-8-10-18(11-9-17)16-31-24(27-19-12-13-22(30-2)21(25)14-19)23(15-26)32(28,29)20-6-4-3-5-7-20/h3-14,27H,16H2,1-2H3. The Hall–Kier alpha value is -2.92. The van der Waals surface area contributed by atoms with Crippen molar-refractivity contribution in [3.05, 3.63) is 98.9 Å². The van der Waals surface area contributed by atoms with Gasteiger partial charge in [0.05, 0.1) is 17.0 Å². The first-order valence-corrected chi connectivity index (χ1v) is 12.4. The average Bonchev–Trinajstić information content (AvgIpc) is 2.79. The molecule has 0 amide bonds. The SMILES string of the molecule is COc1ccc(NC(SCc2ccc(C)cc2)=C(C#N)S(=O)(=O)c2ccccc2)cc1Cl. The lowest BCUT2D eigenvalue weighted by molar-refractivity contribution is 0.415. The molecule has 8 heteroatoms. The van der Waals surface area contributed by atoms with Crippen molar-refractivity contribution in [1.29, 1.82) is 5.26 Å². The predicted molar refractivity (Wildman–Crippen MR) is 130 cm³/mol. The molecule has 0 atom stereocenters. The fourth-order valence-electron chi connectivity index (χ4n) is 2.82. The topological polar surface area (TPSA) is 79.2 Å². The summed E-state index contributed by atoms with van der Waals surface area (Å²) in [4.78, 5) is -0.299. The summed E-state index contributed by atoms with van der Waals surface area (Å²) in [6.07, 6.45) is 0. The Morgan fingerprint density at radius 1 is 1.09 bits per heavy atom. The lowest BCUT2D eigenvalue weighted by Crippen LogP contribution is -2.10. The first kappa shape index (κ1) is 23.7. The number of methoxy groups -OCH3 is 1. The number of anilines is 1. The first-order chi connectivity index (χ1) is 15.3. The summed E-state index contributed by atoms with van der Waals surface area (Å²) in [6.45, 7) is 2.00. The van der Waals surface area contributed by atoms with E-state index in [9.17, 15) is 13.7 Å². The molecular weight excluding hydrogens is 464 g/mol. The van der Waals surface area contributed by atoms with Gasteiger partial charge in [-0.2, -0.15) is 5.26 Å². The number of halogens is 1. The van der Waals surface area contributed by atoms with Gasteiger partial charge in [-0.3, -0.25) is 0 Å². The van der Waals surface area contributed by atoms with Gasteiger partial charge in [0.15, 0.2) is 4.91 Å². The molecule has 0 aromatic heterocycles. The third-order valence-electron chi connectivity index (χ3n) is 4.54. The Labute approximate surface area is 197 Å². The van der Waals surface area contributed by atoms with E-state index < -0.39 is 9.84 Å². The predicted octanol–water partition coefficient (Wildman–Crippen LogP) is 6.17. The van der Waals surface area contributed by atoms with E-state index in [1.807, 2.05) is 37.3 Å². The molecule has 3 aromatic carbocycles. The number of rotatable bonds is 8. The number of allylic oxidation sites excluding steroid dienone is 1. The second-order valence-corrected chi connectivity index (χ2v) is 10.1. The number of hydrogen-bond acceptors (Lipinski definition) is 6. The quantitative estimate of drug-likeness (QED) is 0.385. The molecule has 3 aromatic rings. The van der Waals surface area contributed by atoms with Crippen LogP contribution in [0.15, 0.2) is 87.6 Å². The van der Waals surface area contributed by atoms with Crippen LogP contribution in [0, 0.1) is 18.3 Å². The summed E-state index contributed by atoms with van der Waals surface area (Å²) < 4.78 is 31.7. The van der Waals surface area contributed by atoms with Crippen LogP contribution < -0.4 is 10.1 Å². The number of benzene rings is 3. The molecule has 0 fully saturated rings. The summed E-state index contributed by atoms with van der Waals surface area (Å²) >= 11 is 7.47. The second kappa shape index (κ2) is 10.6. The van der Waals surface area contributed by atoms with Crippen molar-refractivity contribution < 1.29 is 13.2 Å². The molecule has 0 aliphatic rings. The largest absolute Gasteiger partial charge is 0.495 e. The van der Waals surface area contributed by atoms with Crippen LogP contribution in [0.1, 0.15) is 11.1 Å². The lowest BCUT2D eigenvalue weighted by atomic mass is 10.2. The molecule has 0 unspecified atom stereocenters. The molecule has 164 valence electrons. The molecule has 0 radical (unpaired) electrons. The van der Waals surface area contributed by atoms with Crippen LogP contribution in [0.3, 0.4) is 0 Å². The maximum Gasteiger partial charge on any atom is 0.219 e. The maximum atomic E-state index is 13.2. The number of nitriles is 1. The lowest BCUT2D eigenvalue weighted by Gasteiger charge is -2.15. The third-order valence-corrected chi connectivity index (χ3v) is 7.77. The Balaban J connectivity index is 2.04. The smallest absolute Gasteiger partial charge is 0.219 e. The number of nitrogens with one attached hydrogen (secondary N) is 1. The van der Waals surface area contributed by atoms with Crippen molar-refractivity contribution >= 4 is 38.9 Å². The minimum Gasteiger partial charge on any atom is -0.495 e.